The Balaban J connectivity index is 1.72. The number of hydrogen-bond donors (Lipinski definition) is 1. The summed E-state index contributed by atoms with van der Waals surface area (Å²) in [4.78, 5) is 0. The van der Waals surface area contributed by atoms with E-state index in [0.717, 1.165) is 23.9 Å². The first-order valence-electron chi connectivity index (χ1n) is 5.61. The highest BCUT2D eigenvalue weighted by Crippen LogP contribution is 2.32. The fraction of sp³-hybridized carbons (Fsp3) is 1.00. The van der Waals surface area contributed by atoms with Crippen molar-refractivity contribution in [1.29, 1.82) is 0 Å². The lowest BCUT2D eigenvalue weighted by atomic mass is 9.95. The molecule has 3 unspecified atom stereocenters. The van der Waals surface area contributed by atoms with Crippen LogP contribution in [-0.4, -0.2) is 23.6 Å². The maximum Gasteiger partial charge on any atom is 0.00989 e. The second kappa shape index (κ2) is 4.22. The smallest absolute Gasteiger partial charge is 0.00989 e. The van der Waals surface area contributed by atoms with Crippen molar-refractivity contribution in [3.8, 4) is 0 Å². The highest BCUT2D eigenvalue weighted by molar-refractivity contribution is 7.99. The average Bonchev–Trinajstić information content (AvgIpc) is 2.83. The molecule has 0 aromatic carbocycles. The van der Waals surface area contributed by atoms with E-state index in [-0.39, 0.29) is 0 Å². The molecule has 2 fully saturated rings. The van der Waals surface area contributed by atoms with Gasteiger partial charge in [-0.05, 0) is 49.5 Å². The van der Waals surface area contributed by atoms with Crippen LogP contribution in [0.2, 0.25) is 0 Å². The molecule has 0 amide bonds. The van der Waals surface area contributed by atoms with Crippen molar-refractivity contribution in [3.63, 3.8) is 0 Å². The van der Waals surface area contributed by atoms with Crippen molar-refractivity contribution < 1.29 is 0 Å². The first-order chi connectivity index (χ1) is 6.27. The van der Waals surface area contributed by atoms with Gasteiger partial charge < -0.3 is 5.32 Å². The van der Waals surface area contributed by atoms with Crippen LogP contribution in [-0.2, 0) is 0 Å². The summed E-state index contributed by atoms with van der Waals surface area (Å²) in [6.45, 7) is 4.73. The molecule has 2 heteroatoms. The van der Waals surface area contributed by atoms with Gasteiger partial charge in [0.2, 0.25) is 0 Å². The largest absolute Gasteiger partial charge is 0.311 e. The summed E-state index contributed by atoms with van der Waals surface area (Å²) < 4.78 is 0. The summed E-state index contributed by atoms with van der Waals surface area (Å²) in [7, 11) is 0. The van der Waals surface area contributed by atoms with E-state index in [0.29, 0.717) is 0 Å². The first kappa shape index (κ1) is 9.85. The molecule has 1 aliphatic carbocycles. The van der Waals surface area contributed by atoms with Crippen LogP contribution in [0, 0.1) is 11.8 Å². The molecule has 2 aliphatic rings. The summed E-state index contributed by atoms with van der Waals surface area (Å²) in [5, 5.41) is 3.76. The van der Waals surface area contributed by atoms with E-state index >= 15 is 0 Å². The highest BCUT2D eigenvalue weighted by atomic mass is 32.2. The maximum absolute atomic E-state index is 3.76. The fourth-order valence-electron chi connectivity index (χ4n) is 2.24. The Bertz CT molecular complexity index is 165. The molecule has 13 heavy (non-hydrogen) atoms. The molecule has 1 heterocycles. The normalized spacial score (nSPS) is 37.4. The SMILES string of the molecule is CC1CC1NC(C)C1CCSCC1. The minimum Gasteiger partial charge on any atom is -0.311 e. The van der Waals surface area contributed by atoms with Crippen LogP contribution in [0.4, 0.5) is 0 Å². The van der Waals surface area contributed by atoms with Gasteiger partial charge in [0.15, 0.2) is 0 Å². The molecule has 1 aliphatic heterocycles. The van der Waals surface area contributed by atoms with E-state index < -0.39 is 0 Å². The average molecular weight is 199 g/mol. The van der Waals surface area contributed by atoms with Crippen LogP contribution in [0.15, 0.2) is 0 Å². The van der Waals surface area contributed by atoms with Crippen molar-refractivity contribution in [3.05, 3.63) is 0 Å². The summed E-state index contributed by atoms with van der Waals surface area (Å²) >= 11 is 2.12. The zero-order chi connectivity index (χ0) is 9.26. The molecule has 1 N–H and O–H groups in total. The van der Waals surface area contributed by atoms with Gasteiger partial charge >= 0.3 is 0 Å². The minimum atomic E-state index is 0.760. The molecule has 0 bridgehead atoms. The van der Waals surface area contributed by atoms with Crippen LogP contribution in [0.5, 0.6) is 0 Å². The zero-order valence-electron chi connectivity index (χ0n) is 8.75. The van der Waals surface area contributed by atoms with Crippen LogP contribution < -0.4 is 5.32 Å². The topological polar surface area (TPSA) is 12.0 Å². The van der Waals surface area contributed by atoms with Gasteiger partial charge in [0.1, 0.15) is 0 Å². The number of hydrogen-bond acceptors (Lipinski definition) is 2. The second-order valence-corrected chi connectivity index (χ2v) is 5.95. The summed E-state index contributed by atoms with van der Waals surface area (Å²) in [5.74, 6) is 4.67. The molecule has 2 rings (SSSR count). The highest BCUT2D eigenvalue weighted by Gasteiger charge is 2.34. The van der Waals surface area contributed by atoms with Crippen LogP contribution in [0.3, 0.4) is 0 Å². The lowest BCUT2D eigenvalue weighted by Gasteiger charge is -2.28. The lowest BCUT2D eigenvalue weighted by Crippen LogP contribution is -2.37. The van der Waals surface area contributed by atoms with E-state index in [4.69, 9.17) is 0 Å². The molecule has 0 aromatic rings. The Kier molecular flexibility index (Phi) is 3.20. The van der Waals surface area contributed by atoms with Gasteiger partial charge in [0.25, 0.3) is 0 Å². The van der Waals surface area contributed by atoms with E-state index in [1.165, 1.54) is 30.8 Å². The van der Waals surface area contributed by atoms with Gasteiger partial charge in [-0.1, -0.05) is 6.92 Å². The Labute approximate surface area is 86.0 Å². The first-order valence-corrected chi connectivity index (χ1v) is 6.76. The molecule has 1 saturated heterocycles. The van der Waals surface area contributed by atoms with Gasteiger partial charge in [0.05, 0.1) is 0 Å². The Morgan fingerprint density at radius 3 is 2.46 bits per heavy atom. The summed E-state index contributed by atoms with van der Waals surface area (Å²) in [6.07, 6.45) is 4.27. The molecular weight excluding hydrogens is 178 g/mol. The van der Waals surface area contributed by atoms with E-state index in [2.05, 4.69) is 30.9 Å². The standard InChI is InChI=1S/C11H21NS/c1-8-7-11(8)12-9(2)10-3-5-13-6-4-10/h8-12H,3-7H2,1-2H3. The van der Waals surface area contributed by atoms with Crippen molar-refractivity contribution in [2.75, 3.05) is 11.5 Å². The molecule has 0 radical (unpaired) electrons. The summed E-state index contributed by atoms with van der Waals surface area (Å²) in [5.41, 5.74) is 0. The van der Waals surface area contributed by atoms with Crippen LogP contribution >= 0.6 is 11.8 Å². The molecule has 76 valence electrons. The van der Waals surface area contributed by atoms with E-state index in [9.17, 15) is 0 Å². The number of rotatable bonds is 3. The third-order valence-electron chi connectivity index (χ3n) is 3.56. The molecular formula is C11H21NS. The third-order valence-corrected chi connectivity index (χ3v) is 4.61. The zero-order valence-corrected chi connectivity index (χ0v) is 9.57. The predicted molar refractivity (Wildman–Crippen MR) is 60.2 cm³/mol. The maximum atomic E-state index is 3.76. The molecule has 1 saturated carbocycles. The Hall–Kier alpha value is 0.310. The Morgan fingerprint density at radius 1 is 1.31 bits per heavy atom. The van der Waals surface area contributed by atoms with Crippen molar-refractivity contribution in [2.45, 2.75) is 45.2 Å². The van der Waals surface area contributed by atoms with E-state index in [1.54, 1.807) is 0 Å². The van der Waals surface area contributed by atoms with Gasteiger partial charge in [-0.3, -0.25) is 0 Å². The van der Waals surface area contributed by atoms with Gasteiger partial charge in [-0.2, -0.15) is 11.8 Å². The fourth-order valence-corrected chi connectivity index (χ4v) is 3.39. The van der Waals surface area contributed by atoms with Crippen LogP contribution in [0.25, 0.3) is 0 Å². The van der Waals surface area contributed by atoms with E-state index in [1.807, 2.05) is 0 Å². The molecule has 3 atom stereocenters. The van der Waals surface area contributed by atoms with Gasteiger partial charge in [-0.25, -0.2) is 0 Å². The lowest BCUT2D eigenvalue weighted by molar-refractivity contribution is 0.347. The van der Waals surface area contributed by atoms with Crippen LogP contribution in [0.1, 0.15) is 33.1 Å². The minimum absolute atomic E-state index is 0.760. The predicted octanol–water partition coefficient (Wildman–Crippen LogP) is 2.52. The Morgan fingerprint density at radius 2 is 1.92 bits per heavy atom. The molecule has 0 aromatic heterocycles. The van der Waals surface area contributed by atoms with Crippen molar-refractivity contribution in [2.24, 2.45) is 11.8 Å². The van der Waals surface area contributed by atoms with Crippen molar-refractivity contribution >= 4 is 11.8 Å². The van der Waals surface area contributed by atoms with Crippen molar-refractivity contribution in [1.82, 2.24) is 5.32 Å². The third kappa shape index (κ3) is 2.63. The monoisotopic (exact) mass is 199 g/mol. The number of nitrogens with one attached hydrogen (secondary N) is 1. The molecule has 1 nitrogen and oxygen atoms in total. The van der Waals surface area contributed by atoms with Gasteiger partial charge in [-0.15, -0.1) is 0 Å². The quantitative estimate of drug-likeness (QED) is 0.749. The van der Waals surface area contributed by atoms with Gasteiger partial charge in [0, 0.05) is 12.1 Å². The second-order valence-electron chi connectivity index (χ2n) is 4.72. The summed E-state index contributed by atoms with van der Waals surface area (Å²) in [6, 6.07) is 1.61. The molecule has 0 spiro atoms. The number of thioether (sulfide) groups is 1.